The normalized spacial score (nSPS) is 26.0. The van der Waals surface area contributed by atoms with Gasteiger partial charge in [-0.1, -0.05) is 17.7 Å². The molecule has 2 N–H and O–H groups in total. The first kappa shape index (κ1) is 28.4. The van der Waals surface area contributed by atoms with Crippen molar-refractivity contribution in [1.29, 1.82) is 0 Å². The number of hydrogen-bond acceptors (Lipinski definition) is 8. The Hall–Kier alpha value is -3.41. The molecule has 0 bridgehead atoms. The van der Waals surface area contributed by atoms with Crippen LogP contribution in [0.25, 0.3) is 32.9 Å². The van der Waals surface area contributed by atoms with Gasteiger partial charge < -0.3 is 19.8 Å². The standard InChI is InChI=1S/C31H31ClF3N5O3/c1-30(42)6-2-8-39(15-30)28-21-13-36-26(20-11-19(41)10-17-4-5-22(34)24(32)23(17)20)25(35)27(21)37-29(38-28)43-16-31-7-3-9-40(31)14-18(33)12-31/h4-5,10-11,13,18,41-42H,2-3,6-9,12,14-16H2,1H3/t18-,30-,31?/m1/s1. The molecule has 2 aromatic heterocycles. The van der Waals surface area contributed by atoms with Crippen molar-refractivity contribution < 1.29 is 28.1 Å². The second-order valence-corrected chi connectivity index (χ2v) is 12.7. The molecule has 3 aliphatic heterocycles. The minimum atomic E-state index is -0.979. The second kappa shape index (κ2) is 10.3. The van der Waals surface area contributed by atoms with E-state index in [0.717, 1.165) is 19.4 Å². The Balaban J connectivity index is 1.37. The summed E-state index contributed by atoms with van der Waals surface area (Å²) in [6, 6.07) is 5.25. The molecule has 0 amide bonds. The quantitative estimate of drug-likeness (QED) is 0.292. The number of halogens is 4. The number of hydrogen-bond donors (Lipinski definition) is 2. The number of ether oxygens (including phenoxy) is 1. The Kier molecular flexibility index (Phi) is 6.83. The van der Waals surface area contributed by atoms with Crippen LogP contribution in [0.2, 0.25) is 5.02 Å². The van der Waals surface area contributed by atoms with Crippen molar-refractivity contribution in [3.8, 4) is 23.0 Å². The largest absolute Gasteiger partial charge is 0.508 e. The number of β-amino-alcohol motifs (C(OH)–C–C–N with tert-alkyl or cyclic N) is 1. The van der Waals surface area contributed by atoms with Crippen LogP contribution in [0, 0.1) is 11.6 Å². The van der Waals surface area contributed by atoms with E-state index in [0.29, 0.717) is 48.9 Å². The van der Waals surface area contributed by atoms with Gasteiger partial charge in [0.05, 0.1) is 21.5 Å². The average Bonchev–Trinajstić information content (AvgIpc) is 3.48. The molecule has 4 aromatic rings. The first-order valence-electron chi connectivity index (χ1n) is 14.5. The zero-order chi connectivity index (χ0) is 30.1. The molecule has 2 aromatic carbocycles. The highest BCUT2D eigenvalue weighted by Crippen LogP contribution is 2.42. The number of phenols is 1. The first-order valence-corrected chi connectivity index (χ1v) is 14.9. The van der Waals surface area contributed by atoms with E-state index in [9.17, 15) is 19.0 Å². The van der Waals surface area contributed by atoms with Gasteiger partial charge in [-0.3, -0.25) is 9.88 Å². The SMILES string of the molecule is C[C@@]1(O)CCCN(c2nc(OCC34CCCN3C[C@H](F)C4)nc3c(F)c(-c4cc(O)cc5ccc(F)c(Cl)c45)ncc23)C1. The minimum Gasteiger partial charge on any atom is -0.508 e. The number of anilines is 1. The van der Waals surface area contributed by atoms with Crippen molar-refractivity contribution in [3.05, 3.63) is 47.1 Å². The smallest absolute Gasteiger partial charge is 0.319 e. The molecule has 0 aliphatic carbocycles. The van der Waals surface area contributed by atoms with Crippen molar-refractivity contribution in [2.75, 3.05) is 37.7 Å². The summed E-state index contributed by atoms with van der Waals surface area (Å²) < 4.78 is 51.6. The lowest BCUT2D eigenvalue weighted by Gasteiger charge is -2.38. The molecule has 3 fully saturated rings. The summed E-state index contributed by atoms with van der Waals surface area (Å²) in [6.07, 6.45) is 3.87. The maximum atomic E-state index is 16.6. The van der Waals surface area contributed by atoms with Gasteiger partial charge in [-0.05, 0) is 62.7 Å². The molecule has 3 saturated heterocycles. The lowest BCUT2D eigenvalue weighted by molar-refractivity contribution is 0.0447. The van der Waals surface area contributed by atoms with Crippen LogP contribution in [0.3, 0.4) is 0 Å². The van der Waals surface area contributed by atoms with Crippen LogP contribution in [0.5, 0.6) is 11.8 Å². The number of pyridine rings is 1. The molecule has 0 spiro atoms. The fourth-order valence-corrected chi connectivity index (χ4v) is 7.40. The van der Waals surface area contributed by atoms with Gasteiger partial charge in [-0.25, -0.2) is 13.2 Å². The molecular formula is C31H31ClF3N5O3. The Bertz CT molecular complexity index is 1760. The molecule has 43 heavy (non-hydrogen) atoms. The van der Waals surface area contributed by atoms with Gasteiger partial charge in [0.2, 0.25) is 0 Å². The number of phenolic OH excluding ortho intramolecular Hbond substituents is 1. The van der Waals surface area contributed by atoms with Crippen LogP contribution < -0.4 is 9.64 Å². The minimum absolute atomic E-state index is 0.0721. The van der Waals surface area contributed by atoms with Crippen molar-refractivity contribution in [2.24, 2.45) is 0 Å². The van der Waals surface area contributed by atoms with Crippen LogP contribution in [0.15, 0.2) is 30.5 Å². The Morgan fingerprint density at radius 3 is 2.77 bits per heavy atom. The molecule has 7 rings (SSSR count). The first-order chi connectivity index (χ1) is 20.5. The number of rotatable bonds is 5. The van der Waals surface area contributed by atoms with Crippen LogP contribution in [0.1, 0.15) is 39.0 Å². The zero-order valence-corrected chi connectivity index (χ0v) is 24.3. The van der Waals surface area contributed by atoms with Crippen molar-refractivity contribution >= 4 is 39.1 Å². The van der Waals surface area contributed by atoms with Crippen LogP contribution in [-0.2, 0) is 0 Å². The third kappa shape index (κ3) is 4.91. The van der Waals surface area contributed by atoms with Gasteiger partial charge in [0, 0.05) is 43.2 Å². The van der Waals surface area contributed by atoms with Gasteiger partial charge in [-0.15, -0.1) is 0 Å². The van der Waals surface area contributed by atoms with E-state index in [-0.39, 0.29) is 52.1 Å². The van der Waals surface area contributed by atoms with Crippen LogP contribution >= 0.6 is 11.6 Å². The van der Waals surface area contributed by atoms with Crippen LogP contribution in [-0.4, -0.2) is 80.2 Å². The van der Waals surface area contributed by atoms with Crippen LogP contribution in [0.4, 0.5) is 19.0 Å². The van der Waals surface area contributed by atoms with Gasteiger partial charge in [-0.2, -0.15) is 9.97 Å². The number of aliphatic hydroxyl groups is 1. The summed E-state index contributed by atoms with van der Waals surface area (Å²) in [5.41, 5.74) is -1.61. The van der Waals surface area contributed by atoms with Gasteiger partial charge >= 0.3 is 6.01 Å². The molecule has 226 valence electrons. The van der Waals surface area contributed by atoms with Gasteiger partial charge in [0.15, 0.2) is 5.82 Å². The Labute approximate surface area is 251 Å². The molecule has 3 atom stereocenters. The lowest BCUT2D eigenvalue weighted by Crippen LogP contribution is -2.46. The van der Waals surface area contributed by atoms with E-state index in [1.165, 1.54) is 30.5 Å². The third-order valence-corrected chi connectivity index (χ3v) is 9.47. The molecule has 1 unspecified atom stereocenters. The molecule has 0 saturated carbocycles. The van der Waals surface area contributed by atoms with Crippen molar-refractivity contribution in [3.63, 3.8) is 0 Å². The van der Waals surface area contributed by atoms with Crippen molar-refractivity contribution in [2.45, 2.75) is 56.3 Å². The summed E-state index contributed by atoms with van der Waals surface area (Å²) in [6.45, 7) is 3.88. The number of aromatic nitrogens is 3. The lowest BCUT2D eigenvalue weighted by atomic mass is 9.95. The zero-order valence-electron chi connectivity index (χ0n) is 23.6. The number of aromatic hydroxyl groups is 1. The number of piperidine rings is 1. The van der Waals surface area contributed by atoms with Gasteiger partial charge in [0.25, 0.3) is 0 Å². The number of nitrogens with zero attached hydrogens (tertiary/aromatic N) is 5. The predicted octanol–water partition coefficient (Wildman–Crippen LogP) is 5.79. The third-order valence-electron chi connectivity index (χ3n) is 9.10. The monoisotopic (exact) mass is 613 g/mol. The summed E-state index contributed by atoms with van der Waals surface area (Å²) >= 11 is 6.33. The summed E-state index contributed by atoms with van der Waals surface area (Å²) in [5, 5.41) is 21.9. The van der Waals surface area contributed by atoms with E-state index >= 15 is 4.39 Å². The van der Waals surface area contributed by atoms with E-state index < -0.39 is 28.9 Å². The van der Waals surface area contributed by atoms with Gasteiger partial charge in [0.1, 0.15) is 41.4 Å². The van der Waals surface area contributed by atoms with E-state index in [4.69, 9.17) is 16.3 Å². The summed E-state index contributed by atoms with van der Waals surface area (Å²) in [4.78, 5) is 17.5. The highest BCUT2D eigenvalue weighted by atomic mass is 35.5. The molecule has 0 radical (unpaired) electrons. The fourth-order valence-electron chi connectivity index (χ4n) is 7.13. The maximum Gasteiger partial charge on any atom is 0.319 e. The highest BCUT2D eigenvalue weighted by molar-refractivity contribution is 6.37. The molecular weight excluding hydrogens is 583 g/mol. The summed E-state index contributed by atoms with van der Waals surface area (Å²) in [5.74, 6) is -1.33. The fraction of sp³-hybridized carbons (Fsp3) is 0.452. The maximum absolute atomic E-state index is 16.6. The molecule has 12 heteroatoms. The Morgan fingerprint density at radius 2 is 1.95 bits per heavy atom. The van der Waals surface area contributed by atoms with E-state index in [2.05, 4.69) is 19.9 Å². The molecule has 8 nitrogen and oxygen atoms in total. The molecule has 3 aliphatic rings. The second-order valence-electron chi connectivity index (χ2n) is 12.4. The number of benzene rings is 2. The predicted molar refractivity (Wildman–Crippen MR) is 157 cm³/mol. The van der Waals surface area contributed by atoms with Crippen molar-refractivity contribution in [1.82, 2.24) is 19.9 Å². The summed E-state index contributed by atoms with van der Waals surface area (Å²) in [7, 11) is 0. The molecule has 5 heterocycles. The number of fused-ring (bicyclic) bond motifs is 3. The van der Waals surface area contributed by atoms with E-state index in [1.807, 2.05) is 4.90 Å². The highest BCUT2D eigenvalue weighted by Gasteiger charge is 2.49. The average molecular weight is 614 g/mol. The van der Waals surface area contributed by atoms with E-state index in [1.54, 1.807) is 6.92 Å². The topological polar surface area (TPSA) is 94.8 Å². The number of alkyl halides is 1. The Morgan fingerprint density at radius 1 is 1.14 bits per heavy atom.